The van der Waals surface area contributed by atoms with Gasteiger partial charge in [-0.2, -0.15) is 0 Å². The van der Waals surface area contributed by atoms with Crippen molar-refractivity contribution in [3.05, 3.63) is 0 Å². The molecule has 1 heterocycles. The second-order valence-electron chi connectivity index (χ2n) is 4.97. The zero-order chi connectivity index (χ0) is 12.0. The van der Waals surface area contributed by atoms with Gasteiger partial charge < -0.3 is 20.1 Å². The van der Waals surface area contributed by atoms with Crippen LogP contribution in [0.3, 0.4) is 0 Å². The lowest BCUT2D eigenvalue weighted by Crippen LogP contribution is -2.44. The molecule has 96 valence electrons. The van der Waals surface area contributed by atoms with Crippen molar-refractivity contribution in [1.29, 1.82) is 0 Å². The van der Waals surface area contributed by atoms with Crippen LogP contribution in [0.1, 0.15) is 20.3 Å². The lowest BCUT2D eigenvalue weighted by Gasteiger charge is -2.32. The van der Waals surface area contributed by atoms with Crippen LogP contribution in [0.2, 0.25) is 0 Å². The smallest absolute Gasteiger partial charge is 0.0596 e. The van der Waals surface area contributed by atoms with Crippen LogP contribution in [0.5, 0.6) is 0 Å². The van der Waals surface area contributed by atoms with Crippen molar-refractivity contribution in [3.63, 3.8) is 0 Å². The normalized spacial score (nSPS) is 26.6. The van der Waals surface area contributed by atoms with Gasteiger partial charge in [-0.05, 0) is 27.3 Å². The molecule has 0 aromatic carbocycles. The largest absolute Gasteiger partial charge is 0.381 e. The van der Waals surface area contributed by atoms with Gasteiger partial charge in [0.2, 0.25) is 0 Å². The second-order valence-corrected chi connectivity index (χ2v) is 4.97. The molecular formula is C12H26N2O2. The molecule has 1 saturated heterocycles. The Morgan fingerprint density at radius 1 is 1.50 bits per heavy atom. The van der Waals surface area contributed by atoms with Crippen molar-refractivity contribution in [2.24, 2.45) is 11.7 Å². The zero-order valence-corrected chi connectivity index (χ0v) is 10.8. The minimum Gasteiger partial charge on any atom is -0.381 e. The molecule has 0 spiro atoms. The number of ether oxygens (including phenoxy) is 2. The molecule has 0 aromatic heterocycles. The first-order valence-corrected chi connectivity index (χ1v) is 6.23. The molecule has 0 bridgehead atoms. The summed E-state index contributed by atoms with van der Waals surface area (Å²) in [6, 6.07) is 0.294. The van der Waals surface area contributed by atoms with Gasteiger partial charge in [0.1, 0.15) is 0 Å². The van der Waals surface area contributed by atoms with E-state index in [1.165, 1.54) is 0 Å². The van der Waals surface area contributed by atoms with E-state index < -0.39 is 0 Å². The lowest BCUT2D eigenvalue weighted by molar-refractivity contribution is 0.0199. The third-order valence-electron chi connectivity index (χ3n) is 3.00. The predicted octanol–water partition coefficient (Wildman–Crippen LogP) is 0.707. The summed E-state index contributed by atoms with van der Waals surface area (Å²) in [5.41, 5.74) is 6.07. The molecule has 1 rings (SSSR count). The van der Waals surface area contributed by atoms with Gasteiger partial charge >= 0.3 is 0 Å². The molecule has 2 unspecified atom stereocenters. The van der Waals surface area contributed by atoms with Crippen LogP contribution in [0.4, 0.5) is 0 Å². The molecule has 4 heteroatoms. The van der Waals surface area contributed by atoms with Gasteiger partial charge in [-0.15, -0.1) is 0 Å². The first kappa shape index (κ1) is 13.9. The number of likely N-dealkylation sites (N-methyl/N-ethyl adjacent to an activating group) is 1. The Balaban J connectivity index is 2.14. The summed E-state index contributed by atoms with van der Waals surface area (Å²) in [5, 5.41) is 0. The Morgan fingerprint density at radius 3 is 2.88 bits per heavy atom. The minimum atomic E-state index is 0.294. The van der Waals surface area contributed by atoms with Crippen LogP contribution < -0.4 is 5.73 Å². The summed E-state index contributed by atoms with van der Waals surface area (Å²) in [6.07, 6.45) is 1.30. The quantitative estimate of drug-likeness (QED) is 0.730. The molecule has 1 fully saturated rings. The van der Waals surface area contributed by atoms with Gasteiger partial charge in [0, 0.05) is 31.7 Å². The highest BCUT2D eigenvalue weighted by Gasteiger charge is 2.23. The van der Waals surface area contributed by atoms with Crippen LogP contribution in [-0.4, -0.2) is 57.0 Å². The number of hydrogen-bond acceptors (Lipinski definition) is 4. The molecule has 1 aliphatic rings. The van der Waals surface area contributed by atoms with Gasteiger partial charge in [0.05, 0.1) is 19.3 Å². The molecule has 2 atom stereocenters. The first-order chi connectivity index (χ1) is 7.59. The van der Waals surface area contributed by atoms with E-state index in [0.717, 1.165) is 39.3 Å². The monoisotopic (exact) mass is 230 g/mol. The fraction of sp³-hybridized carbons (Fsp3) is 1.00. The third kappa shape index (κ3) is 5.25. The van der Waals surface area contributed by atoms with Crippen molar-refractivity contribution in [3.8, 4) is 0 Å². The van der Waals surface area contributed by atoms with Crippen LogP contribution >= 0.6 is 0 Å². The molecule has 0 aliphatic carbocycles. The predicted molar refractivity (Wildman–Crippen MR) is 65.5 cm³/mol. The van der Waals surface area contributed by atoms with E-state index in [1.807, 2.05) is 0 Å². The molecular weight excluding hydrogens is 204 g/mol. The highest BCUT2D eigenvalue weighted by atomic mass is 16.5. The van der Waals surface area contributed by atoms with Gasteiger partial charge in [0.25, 0.3) is 0 Å². The van der Waals surface area contributed by atoms with Crippen LogP contribution in [0, 0.1) is 5.92 Å². The average molecular weight is 230 g/mol. The number of nitrogens with zero attached hydrogens (tertiary/aromatic N) is 1. The minimum absolute atomic E-state index is 0.294. The number of hydrogen-bond donors (Lipinski definition) is 1. The van der Waals surface area contributed by atoms with Crippen LogP contribution in [0.25, 0.3) is 0 Å². The van der Waals surface area contributed by atoms with E-state index in [4.69, 9.17) is 15.2 Å². The van der Waals surface area contributed by atoms with Crippen molar-refractivity contribution in [2.75, 3.05) is 40.0 Å². The van der Waals surface area contributed by atoms with Gasteiger partial charge in [-0.1, -0.05) is 0 Å². The first-order valence-electron chi connectivity index (χ1n) is 6.23. The van der Waals surface area contributed by atoms with E-state index >= 15 is 0 Å². The van der Waals surface area contributed by atoms with Crippen LogP contribution in [-0.2, 0) is 9.47 Å². The molecule has 0 radical (unpaired) electrons. The van der Waals surface area contributed by atoms with Gasteiger partial charge in [-0.25, -0.2) is 0 Å². The fourth-order valence-corrected chi connectivity index (χ4v) is 1.94. The molecule has 0 aromatic rings. The summed E-state index contributed by atoms with van der Waals surface area (Å²) < 4.78 is 11.0. The van der Waals surface area contributed by atoms with Crippen molar-refractivity contribution >= 4 is 0 Å². The molecule has 1 aliphatic heterocycles. The molecule has 2 N–H and O–H groups in total. The summed E-state index contributed by atoms with van der Waals surface area (Å²) in [4.78, 5) is 2.28. The lowest BCUT2D eigenvalue weighted by atomic mass is 9.96. The summed E-state index contributed by atoms with van der Waals surface area (Å²) in [6.45, 7) is 8.49. The van der Waals surface area contributed by atoms with Crippen molar-refractivity contribution in [1.82, 2.24) is 4.90 Å². The Morgan fingerprint density at radius 2 is 2.25 bits per heavy atom. The highest BCUT2D eigenvalue weighted by Crippen LogP contribution is 2.13. The SMILES string of the molecule is CC(C)OCCN(C)CC1COCCC1N. The third-order valence-corrected chi connectivity index (χ3v) is 3.00. The number of nitrogens with two attached hydrogens (primary N) is 1. The standard InChI is InChI=1S/C12H26N2O2/c1-10(2)16-7-5-14(3)8-11-9-15-6-4-12(11)13/h10-12H,4-9,13H2,1-3H3. The van der Waals surface area contributed by atoms with Crippen molar-refractivity contribution < 1.29 is 9.47 Å². The van der Waals surface area contributed by atoms with E-state index in [1.54, 1.807) is 0 Å². The maximum atomic E-state index is 6.07. The Labute approximate surface area is 99.1 Å². The van der Waals surface area contributed by atoms with Crippen LogP contribution in [0.15, 0.2) is 0 Å². The molecule has 0 saturated carbocycles. The van der Waals surface area contributed by atoms with E-state index in [-0.39, 0.29) is 0 Å². The maximum Gasteiger partial charge on any atom is 0.0596 e. The van der Waals surface area contributed by atoms with Gasteiger partial charge in [0.15, 0.2) is 0 Å². The Bertz CT molecular complexity index is 188. The summed E-state index contributed by atoms with van der Waals surface area (Å²) in [5.74, 6) is 0.470. The van der Waals surface area contributed by atoms with Gasteiger partial charge in [-0.3, -0.25) is 0 Å². The molecule has 16 heavy (non-hydrogen) atoms. The average Bonchev–Trinajstić information content (AvgIpc) is 2.21. The molecule has 0 amide bonds. The fourth-order valence-electron chi connectivity index (χ4n) is 1.94. The number of rotatable bonds is 6. The summed E-state index contributed by atoms with van der Waals surface area (Å²) in [7, 11) is 2.12. The molecule has 4 nitrogen and oxygen atoms in total. The maximum absolute atomic E-state index is 6.07. The topological polar surface area (TPSA) is 47.7 Å². The second kappa shape index (κ2) is 7.22. The Kier molecular flexibility index (Phi) is 6.28. The highest BCUT2D eigenvalue weighted by molar-refractivity contribution is 4.78. The van der Waals surface area contributed by atoms with E-state index in [9.17, 15) is 0 Å². The van der Waals surface area contributed by atoms with E-state index in [0.29, 0.717) is 18.1 Å². The van der Waals surface area contributed by atoms with Crippen molar-refractivity contribution in [2.45, 2.75) is 32.4 Å². The van der Waals surface area contributed by atoms with E-state index in [2.05, 4.69) is 25.8 Å². The zero-order valence-electron chi connectivity index (χ0n) is 10.8. The summed E-state index contributed by atoms with van der Waals surface area (Å²) >= 11 is 0. The Hall–Kier alpha value is -0.160.